The molecule has 3 nitrogen and oxygen atoms in total. The van der Waals surface area contributed by atoms with Crippen molar-refractivity contribution in [1.82, 2.24) is 0 Å². The third-order valence-corrected chi connectivity index (χ3v) is 2.65. The number of carbonyl (C=O) groups is 1. The quantitative estimate of drug-likeness (QED) is 0.562. The highest BCUT2D eigenvalue weighted by atomic mass is 16.6. The van der Waals surface area contributed by atoms with Gasteiger partial charge in [-0.1, -0.05) is 23.8 Å². The molecule has 17 heavy (non-hydrogen) atoms. The highest BCUT2D eigenvalue weighted by molar-refractivity contribution is 5.69. The van der Waals surface area contributed by atoms with Gasteiger partial charge in [0.1, 0.15) is 6.61 Å². The van der Waals surface area contributed by atoms with E-state index < -0.39 is 0 Å². The summed E-state index contributed by atoms with van der Waals surface area (Å²) in [6.07, 6.45) is 1.16. The number of rotatable bonds is 6. The van der Waals surface area contributed by atoms with Crippen molar-refractivity contribution >= 4 is 5.97 Å². The summed E-state index contributed by atoms with van der Waals surface area (Å²) in [5, 5.41) is 0. The van der Waals surface area contributed by atoms with Crippen molar-refractivity contribution in [3.05, 3.63) is 34.9 Å². The predicted molar refractivity (Wildman–Crippen MR) is 67.1 cm³/mol. The van der Waals surface area contributed by atoms with E-state index in [1.807, 2.05) is 0 Å². The number of aryl methyl sites for hydroxylation is 3. The average Bonchev–Trinajstić information content (AvgIpc) is 2.28. The molecule has 0 spiro atoms. The SMILES string of the molecule is COCCOC(=O)CCc1ccc(C)cc1C. The second-order valence-corrected chi connectivity index (χ2v) is 4.14. The first-order valence-electron chi connectivity index (χ1n) is 5.84. The van der Waals surface area contributed by atoms with Crippen molar-refractivity contribution in [2.45, 2.75) is 26.7 Å². The van der Waals surface area contributed by atoms with Gasteiger partial charge < -0.3 is 9.47 Å². The lowest BCUT2D eigenvalue weighted by molar-refractivity contribution is -0.144. The first-order valence-corrected chi connectivity index (χ1v) is 5.84. The van der Waals surface area contributed by atoms with Gasteiger partial charge in [0.15, 0.2) is 0 Å². The predicted octanol–water partition coefficient (Wildman–Crippen LogP) is 2.43. The maximum Gasteiger partial charge on any atom is 0.306 e. The van der Waals surface area contributed by atoms with Gasteiger partial charge in [0.05, 0.1) is 6.61 Å². The third-order valence-electron chi connectivity index (χ3n) is 2.65. The van der Waals surface area contributed by atoms with E-state index in [2.05, 4.69) is 32.0 Å². The summed E-state index contributed by atoms with van der Waals surface area (Å²) >= 11 is 0. The van der Waals surface area contributed by atoms with Gasteiger partial charge in [-0.25, -0.2) is 0 Å². The molecule has 0 aliphatic heterocycles. The second-order valence-electron chi connectivity index (χ2n) is 4.14. The maximum absolute atomic E-state index is 11.4. The fourth-order valence-corrected chi connectivity index (χ4v) is 1.67. The summed E-state index contributed by atoms with van der Waals surface area (Å²) in [6.45, 7) is 4.92. The van der Waals surface area contributed by atoms with Crippen LogP contribution in [0.25, 0.3) is 0 Å². The van der Waals surface area contributed by atoms with Crippen LogP contribution in [0.4, 0.5) is 0 Å². The summed E-state index contributed by atoms with van der Waals surface area (Å²) in [4.78, 5) is 11.4. The zero-order valence-electron chi connectivity index (χ0n) is 10.8. The molecular formula is C14H20O3. The molecule has 94 valence electrons. The lowest BCUT2D eigenvalue weighted by Crippen LogP contribution is -2.10. The van der Waals surface area contributed by atoms with Gasteiger partial charge in [0.2, 0.25) is 0 Å². The Hall–Kier alpha value is -1.35. The topological polar surface area (TPSA) is 35.5 Å². The van der Waals surface area contributed by atoms with Crippen molar-refractivity contribution in [2.75, 3.05) is 20.3 Å². The Morgan fingerprint density at radius 1 is 1.24 bits per heavy atom. The Morgan fingerprint density at radius 3 is 2.65 bits per heavy atom. The summed E-state index contributed by atoms with van der Waals surface area (Å²) in [5.41, 5.74) is 3.68. The minimum atomic E-state index is -0.165. The number of ether oxygens (including phenoxy) is 2. The van der Waals surface area contributed by atoms with Crippen LogP contribution in [0.5, 0.6) is 0 Å². The molecule has 0 unspecified atom stereocenters. The number of carbonyl (C=O) groups excluding carboxylic acids is 1. The first-order chi connectivity index (χ1) is 8.13. The Balaban J connectivity index is 2.37. The molecule has 0 amide bonds. The Bertz CT molecular complexity index is 372. The molecule has 1 aromatic carbocycles. The van der Waals surface area contributed by atoms with Crippen molar-refractivity contribution in [3.63, 3.8) is 0 Å². The molecule has 0 aliphatic carbocycles. The molecule has 1 rings (SSSR count). The molecule has 0 aliphatic rings. The molecule has 0 saturated heterocycles. The van der Waals surface area contributed by atoms with E-state index in [4.69, 9.17) is 9.47 Å². The fraction of sp³-hybridized carbons (Fsp3) is 0.500. The highest BCUT2D eigenvalue weighted by Gasteiger charge is 2.05. The zero-order valence-corrected chi connectivity index (χ0v) is 10.8. The molecular weight excluding hydrogens is 216 g/mol. The van der Waals surface area contributed by atoms with Crippen LogP contribution >= 0.6 is 0 Å². The molecule has 0 radical (unpaired) electrons. The van der Waals surface area contributed by atoms with E-state index in [1.54, 1.807) is 7.11 Å². The maximum atomic E-state index is 11.4. The van der Waals surface area contributed by atoms with Gasteiger partial charge in [0.25, 0.3) is 0 Å². The molecule has 0 aromatic heterocycles. The lowest BCUT2D eigenvalue weighted by atomic mass is 10.0. The first kappa shape index (κ1) is 13.7. The van der Waals surface area contributed by atoms with Gasteiger partial charge in [-0.05, 0) is 31.4 Å². The van der Waals surface area contributed by atoms with Crippen molar-refractivity contribution in [1.29, 1.82) is 0 Å². The van der Waals surface area contributed by atoms with E-state index in [1.165, 1.54) is 16.7 Å². The molecule has 0 fully saturated rings. The van der Waals surface area contributed by atoms with E-state index in [-0.39, 0.29) is 5.97 Å². The van der Waals surface area contributed by atoms with Crippen molar-refractivity contribution in [2.24, 2.45) is 0 Å². The van der Waals surface area contributed by atoms with Gasteiger partial charge in [-0.2, -0.15) is 0 Å². The van der Waals surface area contributed by atoms with E-state index in [0.717, 1.165) is 6.42 Å². The lowest BCUT2D eigenvalue weighted by Gasteiger charge is -2.07. The minimum absolute atomic E-state index is 0.165. The number of hydrogen-bond acceptors (Lipinski definition) is 3. The molecule has 0 bridgehead atoms. The van der Waals surface area contributed by atoms with Crippen LogP contribution in [0.15, 0.2) is 18.2 Å². The molecule has 3 heteroatoms. The molecule has 0 heterocycles. The van der Waals surface area contributed by atoms with Crippen molar-refractivity contribution in [3.8, 4) is 0 Å². The van der Waals surface area contributed by atoms with E-state index in [0.29, 0.717) is 19.6 Å². The van der Waals surface area contributed by atoms with Gasteiger partial charge >= 0.3 is 5.97 Å². The van der Waals surface area contributed by atoms with Gasteiger partial charge in [-0.15, -0.1) is 0 Å². The average molecular weight is 236 g/mol. The van der Waals surface area contributed by atoms with Crippen LogP contribution in [0, 0.1) is 13.8 Å². The number of methoxy groups -OCH3 is 1. The molecule has 1 aromatic rings. The second kappa shape index (κ2) is 7.07. The number of hydrogen-bond donors (Lipinski definition) is 0. The van der Waals surface area contributed by atoms with Crippen molar-refractivity contribution < 1.29 is 14.3 Å². The van der Waals surface area contributed by atoms with Gasteiger partial charge in [-0.3, -0.25) is 4.79 Å². The minimum Gasteiger partial charge on any atom is -0.463 e. The van der Waals surface area contributed by atoms with Gasteiger partial charge in [0, 0.05) is 13.5 Å². The van der Waals surface area contributed by atoms with Crippen LogP contribution < -0.4 is 0 Å². The smallest absolute Gasteiger partial charge is 0.306 e. The molecule has 0 atom stereocenters. The van der Waals surface area contributed by atoms with Crippen LogP contribution in [0.3, 0.4) is 0 Å². The third kappa shape index (κ3) is 5.00. The Kier molecular flexibility index (Phi) is 5.70. The number of benzene rings is 1. The van der Waals surface area contributed by atoms with Crippen LogP contribution in [0.2, 0.25) is 0 Å². The summed E-state index contributed by atoms with van der Waals surface area (Å²) in [5.74, 6) is -0.165. The normalized spacial score (nSPS) is 10.3. The Morgan fingerprint density at radius 2 is 2.00 bits per heavy atom. The van der Waals surface area contributed by atoms with Crippen LogP contribution in [-0.4, -0.2) is 26.3 Å². The van der Waals surface area contributed by atoms with E-state index >= 15 is 0 Å². The summed E-state index contributed by atoms with van der Waals surface area (Å²) < 4.78 is 9.81. The van der Waals surface area contributed by atoms with Crippen LogP contribution in [0.1, 0.15) is 23.1 Å². The zero-order chi connectivity index (χ0) is 12.7. The summed E-state index contributed by atoms with van der Waals surface area (Å²) in [6, 6.07) is 6.28. The van der Waals surface area contributed by atoms with Crippen LogP contribution in [-0.2, 0) is 20.7 Å². The summed E-state index contributed by atoms with van der Waals surface area (Å²) in [7, 11) is 1.59. The molecule has 0 N–H and O–H groups in total. The molecule has 0 saturated carbocycles. The standard InChI is InChI=1S/C14H20O3/c1-11-4-5-13(12(2)10-11)6-7-14(15)17-9-8-16-3/h4-5,10H,6-9H2,1-3H3. The monoisotopic (exact) mass is 236 g/mol. The van der Waals surface area contributed by atoms with E-state index in [9.17, 15) is 4.79 Å². The number of esters is 1. The fourth-order valence-electron chi connectivity index (χ4n) is 1.67. The highest BCUT2D eigenvalue weighted by Crippen LogP contribution is 2.12. The largest absolute Gasteiger partial charge is 0.463 e. The Labute approximate surface area is 103 Å².